The smallest absolute Gasteiger partial charge is 0.311 e. The number of phenols is 1. The van der Waals surface area contributed by atoms with Gasteiger partial charge >= 0.3 is 10.1 Å². The minimum absolute atomic E-state index is 0.0423. The number of hydrogen-bond donors (Lipinski definition) is 1. The van der Waals surface area contributed by atoms with Crippen LogP contribution in [0.25, 0.3) is 0 Å². The van der Waals surface area contributed by atoms with Crippen molar-refractivity contribution in [1.82, 2.24) is 0 Å². The Bertz CT molecular complexity index is 625. The number of hydrogen-bond acceptors (Lipinski definition) is 4. The third-order valence-electron chi connectivity index (χ3n) is 5.10. The van der Waals surface area contributed by atoms with Crippen molar-refractivity contribution in [2.24, 2.45) is 0 Å². The average molecular weight is 399 g/mol. The number of unbranched alkanes of at least 4 members (excludes halogenated alkanes) is 10. The lowest BCUT2D eigenvalue weighted by Gasteiger charge is -2.14. The molecule has 156 valence electrons. The second kappa shape index (κ2) is 13.0. The van der Waals surface area contributed by atoms with Gasteiger partial charge in [0.2, 0.25) is 0 Å². The fourth-order valence-corrected chi connectivity index (χ4v) is 4.09. The van der Waals surface area contributed by atoms with Gasteiger partial charge in [0.1, 0.15) is 11.5 Å². The van der Waals surface area contributed by atoms with Crippen molar-refractivity contribution in [1.29, 1.82) is 0 Å². The molecule has 4 nitrogen and oxygen atoms in total. The number of benzene rings is 1. The summed E-state index contributed by atoms with van der Waals surface area (Å²) in [7, 11) is -3.67. The van der Waals surface area contributed by atoms with Gasteiger partial charge in [0.15, 0.2) is 0 Å². The minimum atomic E-state index is -3.67. The number of rotatable bonds is 15. The van der Waals surface area contributed by atoms with Crippen LogP contribution in [0.5, 0.6) is 11.5 Å². The van der Waals surface area contributed by atoms with Crippen LogP contribution in [0.1, 0.15) is 96.5 Å². The van der Waals surface area contributed by atoms with E-state index in [1.807, 2.05) is 0 Å². The first-order chi connectivity index (χ1) is 12.9. The molecule has 1 aromatic rings. The van der Waals surface area contributed by atoms with E-state index < -0.39 is 15.4 Å². The molecule has 0 bridgehead atoms. The topological polar surface area (TPSA) is 63.6 Å². The van der Waals surface area contributed by atoms with Crippen LogP contribution >= 0.6 is 0 Å². The summed E-state index contributed by atoms with van der Waals surface area (Å²) >= 11 is 0. The van der Waals surface area contributed by atoms with Crippen LogP contribution in [0, 0.1) is 6.92 Å². The zero-order chi connectivity index (χ0) is 20.1. The SMILES string of the molecule is CCCCCCCCCCCCCC(C)S(=O)(=O)Oc1ccc(C)c(O)c1. The maximum Gasteiger partial charge on any atom is 0.311 e. The van der Waals surface area contributed by atoms with Crippen molar-refractivity contribution in [2.75, 3.05) is 0 Å². The summed E-state index contributed by atoms with van der Waals surface area (Å²) in [6.45, 7) is 5.69. The molecule has 0 saturated carbocycles. The van der Waals surface area contributed by atoms with Crippen LogP contribution < -0.4 is 4.18 Å². The Morgan fingerprint density at radius 1 is 0.926 bits per heavy atom. The predicted octanol–water partition coefficient (Wildman–Crippen LogP) is 6.50. The number of aromatic hydroxyl groups is 1. The summed E-state index contributed by atoms with van der Waals surface area (Å²) in [4.78, 5) is 0. The van der Waals surface area contributed by atoms with E-state index in [0.29, 0.717) is 12.0 Å². The van der Waals surface area contributed by atoms with Crippen molar-refractivity contribution in [3.63, 3.8) is 0 Å². The Labute approximate surface area is 166 Å². The molecule has 1 aromatic carbocycles. The maximum atomic E-state index is 12.3. The van der Waals surface area contributed by atoms with Gasteiger partial charge in [-0.05, 0) is 31.9 Å². The zero-order valence-corrected chi connectivity index (χ0v) is 18.2. The highest BCUT2D eigenvalue weighted by atomic mass is 32.2. The lowest BCUT2D eigenvalue weighted by atomic mass is 10.0. The Hall–Kier alpha value is -1.23. The molecule has 1 atom stereocenters. The molecule has 0 aliphatic rings. The standard InChI is InChI=1S/C22H38O4S/c1-4-5-6-7-8-9-10-11-12-13-14-15-20(3)27(24,25)26-21-17-16-19(2)22(23)18-21/h16-18,20,23H,4-15H2,1-3H3. The molecule has 0 heterocycles. The van der Waals surface area contributed by atoms with E-state index in [1.54, 1.807) is 26.0 Å². The molecule has 0 aromatic heterocycles. The van der Waals surface area contributed by atoms with Gasteiger partial charge in [-0.1, -0.05) is 83.6 Å². The van der Waals surface area contributed by atoms with Crippen molar-refractivity contribution in [2.45, 2.75) is 103 Å². The minimum Gasteiger partial charge on any atom is -0.508 e. The molecule has 0 aliphatic heterocycles. The average Bonchev–Trinajstić information content (AvgIpc) is 2.62. The van der Waals surface area contributed by atoms with E-state index in [0.717, 1.165) is 12.8 Å². The summed E-state index contributed by atoms with van der Waals surface area (Å²) in [6, 6.07) is 4.57. The van der Waals surface area contributed by atoms with Crippen molar-refractivity contribution >= 4 is 10.1 Å². The van der Waals surface area contributed by atoms with Gasteiger partial charge in [0.05, 0.1) is 5.25 Å². The first-order valence-corrected chi connectivity index (χ1v) is 12.1. The molecule has 1 rings (SSSR count). The maximum absolute atomic E-state index is 12.3. The lowest BCUT2D eigenvalue weighted by Crippen LogP contribution is -2.23. The van der Waals surface area contributed by atoms with Gasteiger partial charge < -0.3 is 9.29 Å². The molecule has 0 fully saturated rings. The van der Waals surface area contributed by atoms with E-state index in [9.17, 15) is 13.5 Å². The predicted molar refractivity (Wildman–Crippen MR) is 113 cm³/mol. The zero-order valence-electron chi connectivity index (χ0n) is 17.4. The summed E-state index contributed by atoms with van der Waals surface area (Å²) in [5.74, 6) is 0.213. The Morgan fingerprint density at radius 2 is 1.44 bits per heavy atom. The van der Waals surface area contributed by atoms with E-state index in [-0.39, 0.29) is 11.5 Å². The summed E-state index contributed by atoms with van der Waals surface area (Å²) in [5.41, 5.74) is 0.689. The molecule has 0 radical (unpaired) electrons. The van der Waals surface area contributed by atoms with Crippen LogP contribution in [0.4, 0.5) is 0 Å². The van der Waals surface area contributed by atoms with Gasteiger partial charge in [0, 0.05) is 6.07 Å². The van der Waals surface area contributed by atoms with Crippen molar-refractivity contribution < 1.29 is 17.7 Å². The molecule has 1 unspecified atom stereocenters. The van der Waals surface area contributed by atoms with Gasteiger partial charge in [-0.2, -0.15) is 8.42 Å². The molecule has 5 heteroatoms. The first-order valence-electron chi connectivity index (χ1n) is 10.6. The molecule has 27 heavy (non-hydrogen) atoms. The van der Waals surface area contributed by atoms with Crippen LogP contribution in [-0.4, -0.2) is 18.8 Å². The van der Waals surface area contributed by atoms with Crippen LogP contribution in [0.15, 0.2) is 18.2 Å². The van der Waals surface area contributed by atoms with E-state index >= 15 is 0 Å². The van der Waals surface area contributed by atoms with Gasteiger partial charge in [-0.3, -0.25) is 0 Å². The largest absolute Gasteiger partial charge is 0.508 e. The molecular weight excluding hydrogens is 360 g/mol. The molecular formula is C22H38O4S. The molecule has 0 aliphatic carbocycles. The third-order valence-corrected chi connectivity index (χ3v) is 6.75. The lowest BCUT2D eigenvalue weighted by molar-refractivity contribution is 0.452. The molecule has 1 N–H and O–H groups in total. The quantitative estimate of drug-likeness (QED) is 0.270. The van der Waals surface area contributed by atoms with Gasteiger partial charge in [-0.15, -0.1) is 0 Å². The van der Waals surface area contributed by atoms with Crippen LogP contribution in [0.2, 0.25) is 0 Å². The number of aryl methyl sites for hydroxylation is 1. The van der Waals surface area contributed by atoms with Crippen molar-refractivity contribution in [3.8, 4) is 11.5 Å². The number of phenolic OH excluding ortho intramolecular Hbond substituents is 1. The van der Waals surface area contributed by atoms with Crippen LogP contribution in [-0.2, 0) is 10.1 Å². The van der Waals surface area contributed by atoms with E-state index in [1.165, 1.54) is 63.9 Å². The summed E-state index contributed by atoms with van der Waals surface area (Å²) in [6.07, 6.45) is 14.4. The highest BCUT2D eigenvalue weighted by molar-refractivity contribution is 7.87. The normalized spacial score (nSPS) is 12.9. The van der Waals surface area contributed by atoms with Crippen molar-refractivity contribution in [3.05, 3.63) is 23.8 Å². The second-order valence-corrected chi connectivity index (χ2v) is 9.62. The molecule has 0 saturated heterocycles. The highest BCUT2D eigenvalue weighted by Gasteiger charge is 2.22. The fourth-order valence-electron chi connectivity index (χ4n) is 3.10. The molecule has 0 spiro atoms. The summed E-state index contributed by atoms with van der Waals surface area (Å²) < 4.78 is 29.8. The third kappa shape index (κ3) is 10.0. The first kappa shape index (κ1) is 23.8. The monoisotopic (exact) mass is 398 g/mol. The van der Waals surface area contributed by atoms with E-state index in [4.69, 9.17) is 4.18 Å². The Morgan fingerprint density at radius 3 is 1.96 bits per heavy atom. The summed E-state index contributed by atoms with van der Waals surface area (Å²) in [5, 5.41) is 9.13. The Kier molecular flexibility index (Phi) is 11.5. The Balaban J connectivity index is 2.16. The van der Waals surface area contributed by atoms with Crippen LogP contribution in [0.3, 0.4) is 0 Å². The van der Waals surface area contributed by atoms with Gasteiger partial charge in [-0.25, -0.2) is 0 Å². The second-order valence-electron chi connectivity index (χ2n) is 7.66. The fraction of sp³-hybridized carbons (Fsp3) is 0.727. The highest BCUT2D eigenvalue weighted by Crippen LogP contribution is 2.25. The van der Waals surface area contributed by atoms with Gasteiger partial charge in [0.25, 0.3) is 0 Å². The van der Waals surface area contributed by atoms with E-state index in [2.05, 4.69) is 6.92 Å². The molecule has 0 amide bonds.